The van der Waals surface area contributed by atoms with Crippen molar-refractivity contribution in [1.82, 2.24) is 19.8 Å². The minimum absolute atomic E-state index is 0.191. The standard InChI is InChI=1S/C30H31N3O4.C16H17NO/c1-35-30(34)22-10-11-27-28(17-22)33(19-26-13-15-36-26)29(31-27)20-32-14-12-23(18-32)21-6-5-9-25(16-21)37-24-7-3-2-4-8-24;1-2-6-15(7-3-1)18-16-8-4-5-13(11-16)14-9-10-17-12-14/h2-11,16-17,23,26H,12-15,18-20H2,1H3;1-8,11,14,17H,9-10,12H2/t23?,26-;/m0./s1. The molecule has 55 heavy (non-hydrogen) atoms. The Balaban J connectivity index is 0.000000198. The van der Waals surface area contributed by atoms with Crippen molar-refractivity contribution in [3.63, 3.8) is 0 Å². The molecular weight excluding hydrogens is 689 g/mol. The number of carbonyl (C=O) groups is 1. The lowest BCUT2D eigenvalue weighted by atomic mass is 9.98. The van der Waals surface area contributed by atoms with Crippen LogP contribution in [0.2, 0.25) is 0 Å². The average Bonchev–Trinajstić information content (AvgIpc) is 3.99. The van der Waals surface area contributed by atoms with Gasteiger partial charge in [0.25, 0.3) is 0 Å². The fourth-order valence-corrected chi connectivity index (χ4v) is 7.67. The molecule has 0 amide bonds. The minimum Gasteiger partial charge on any atom is -0.465 e. The monoisotopic (exact) mass is 736 g/mol. The van der Waals surface area contributed by atoms with Gasteiger partial charge in [0, 0.05) is 19.7 Å². The number of imidazole rings is 1. The molecule has 3 aliphatic rings. The number of para-hydroxylation sites is 2. The molecule has 3 aliphatic heterocycles. The van der Waals surface area contributed by atoms with E-state index in [0.29, 0.717) is 17.4 Å². The quantitative estimate of drug-likeness (QED) is 0.132. The third-order valence-corrected chi connectivity index (χ3v) is 10.7. The molecule has 3 atom stereocenters. The van der Waals surface area contributed by atoms with Gasteiger partial charge in [-0.2, -0.15) is 0 Å². The first-order valence-corrected chi connectivity index (χ1v) is 19.4. The molecule has 0 saturated carbocycles. The van der Waals surface area contributed by atoms with Crippen molar-refractivity contribution in [2.24, 2.45) is 0 Å². The van der Waals surface area contributed by atoms with Gasteiger partial charge in [-0.3, -0.25) is 4.90 Å². The Morgan fingerprint density at radius 3 is 2.02 bits per heavy atom. The molecule has 3 saturated heterocycles. The molecule has 1 aromatic heterocycles. The Kier molecular flexibility index (Phi) is 11.5. The van der Waals surface area contributed by atoms with E-state index < -0.39 is 0 Å². The molecule has 9 rings (SSSR count). The third kappa shape index (κ3) is 9.08. The van der Waals surface area contributed by atoms with Crippen molar-refractivity contribution < 1.29 is 23.7 Å². The lowest BCUT2D eigenvalue weighted by Gasteiger charge is -2.28. The SMILES string of the molecule is COC(=O)c1ccc2nc(CN3CCC(c4cccc(Oc5ccccc5)c4)C3)n(C[C@@H]3CCO3)c2c1.c1ccc(Oc2cccc(C3CCNC3)c2)cc1. The Morgan fingerprint density at radius 1 is 0.764 bits per heavy atom. The van der Waals surface area contributed by atoms with Crippen LogP contribution in [0.15, 0.2) is 127 Å². The van der Waals surface area contributed by atoms with Crippen LogP contribution in [0.4, 0.5) is 0 Å². The summed E-state index contributed by atoms with van der Waals surface area (Å²) in [7, 11) is 1.41. The molecule has 0 aliphatic carbocycles. The molecule has 6 aromatic rings. The zero-order valence-corrected chi connectivity index (χ0v) is 31.3. The van der Waals surface area contributed by atoms with Crippen LogP contribution in [-0.2, 0) is 22.6 Å². The molecule has 0 radical (unpaired) electrons. The van der Waals surface area contributed by atoms with Crippen LogP contribution in [0, 0.1) is 0 Å². The largest absolute Gasteiger partial charge is 0.465 e. The van der Waals surface area contributed by atoms with Gasteiger partial charge in [0.1, 0.15) is 28.8 Å². The molecule has 4 heterocycles. The highest BCUT2D eigenvalue weighted by molar-refractivity contribution is 5.93. The first-order valence-electron chi connectivity index (χ1n) is 19.4. The molecular formula is C46H48N4O5. The van der Waals surface area contributed by atoms with Crippen LogP contribution < -0.4 is 14.8 Å². The summed E-state index contributed by atoms with van der Waals surface area (Å²) in [5.74, 6) is 5.27. The normalized spacial score (nSPS) is 19.3. The summed E-state index contributed by atoms with van der Waals surface area (Å²) < 4.78 is 24.8. The summed E-state index contributed by atoms with van der Waals surface area (Å²) >= 11 is 0. The second kappa shape index (κ2) is 17.3. The van der Waals surface area contributed by atoms with E-state index in [4.69, 9.17) is 23.9 Å². The molecule has 5 aromatic carbocycles. The van der Waals surface area contributed by atoms with Gasteiger partial charge in [-0.15, -0.1) is 0 Å². The molecule has 0 spiro atoms. The van der Waals surface area contributed by atoms with Crippen molar-refractivity contribution in [1.29, 1.82) is 0 Å². The maximum Gasteiger partial charge on any atom is 0.337 e. The smallest absolute Gasteiger partial charge is 0.337 e. The van der Waals surface area contributed by atoms with Gasteiger partial charge in [0.05, 0.1) is 42.9 Å². The highest BCUT2D eigenvalue weighted by atomic mass is 16.5. The number of likely N-dealkylation sites (tertiary alicyclic amines) is 1. The number of benzene rings is 5. The number of rotatable bonds is 11. The lowest BCUT2D eigenvalue weighted by molar-refractivity contribution is -0.0591. The van der Waals surface area contributed by atoms with E-state index in [1.807, 2.05) is 84.9 Å². The van der Waals surface area contributed by atoms with Gasteiger partial charge in [0.15, 0.2) is 0 Å². The van der Waals surface area contributed by atoms with Crippen LogP contribution in [0.25, 0.3) is 11.0 Å². The zero-order valence-electron chi connectivity index (χ0n) is 31.3. The molecule has 0 bridgehead atoms. The summed E-state index contributed by atoms with van der Waals surface area (Å²) in [6.07, 6.45) is 3.54. The van der Waals surface area contributed by atoms with Crippen molar-refractivity contribution in [3.05, 3.63) is 150 Å². The summed E-state index contributed by atoms with van der Waals surface area (Å²) in [6, 6.07) is 42.3. The van der Waals surface area contributed by atoms with Crippen molar-refractivity contribution in [2.75, 3.05) is 39.9 Å². The second-order valence-electron chi connectivity index (χ2n) is 14.5. The number of hydrogen-bond acceptors (Lipinski definition) is 8. The van der Waals surface area contributed by atoms with Gasteiger partial charge in [-0.25, -0.2) is 9.78 Å². The number of nitrogens with zero attached hydrogens (tertiary/aromatic N) is 3. The number of fused-ring (bicyclic) bond motifs is 1. The number of nitrogens with one attached hydrogen (secondary N) is 1. The molecule has 9 nitrogen and oxygen atoms in total. The Hall–Kier alpha value is -5.48. The van der Waals surface area contributed by atoms with Crippen molar-refractivity contribution in [2.45, 2.75) is 50.3 Å². The van der Waals surface area contributed by atoms with E-state index in [0.717, 1.165) is 98.6 Å². The Labute approximate surface area is 322 Å². The van der Waals surface area contributed by atoms with E-state index in [1.54, 1.807) is 6.07 Å². The first kappa shape index (κ1) is 36.5. The highest BCUT2D eigenvalue weighted by Crippen LogP contribution is 2.33. The molecule has 9 heteroatoms. The zero-order chi connectivity index (χ0) is 37.4. The highest BCUT2D eigenvalue weighted by Gasteiger charge is 2.28. The number of aromatic nitrogens is 2. The predicted octanol–water partition coefficient (Wildman–Crippen LogP) is 8.95. The number of methoxy groups -OCH3 is 1. The number of hydrogen-bond donors (Lipinski definition) is 1. The minimum atomic E-state index is -0.336. The second-order valence-corrected chi connectivity index (χ2v) is 14.5. The van der Waals surface area contributed by atoms with E-state index >= 15 is 0 Å². The summed E-state index contributed by atoms with van der Waals surface area (Å²) in [5, 5.41) is 3.40. The molecule has 1 N–H and O–H groups in total. The summed E-state index contributed by atoms with van der Waals surface area (Å²) in [4.78, 5) is 19.6. The fourth-order valence-electron chi connectivity index (χ4n) is 7.67. The third-order valence-electron chi connectivity index (χ3n) is 10.7. The fraction of sp³-hybridized carbons (Fsp3) is 0.304. The number of ether oxygens (including phenoxy) is 4. The van der Waals surface area contributed by atoms with Gasteiger partial charge in [0.2, 0.25) is 0 Å². The lowest BCUT2D eigenvalue weighted by Crippen LogP contribution is -2.32. The predicted molar refractivity (Wildman–Crippen MR) is 214 cm³/mol. The topological polar surface area (TPSA) is 87.1 Å². The number of carbonyl (C=O) groups excluding carboxylic acids is 1. The number of esters is 1. The summed E-state index contributed by atoms with van der Waals surface area (Å²) in [5.41, 5.74) is 5.05. The van der Waals surface area contributed by atoms with E-state index in [-0.39, 0.29) is 12.1 Å². The van der Waals surface area contributed by atoms with Crippen LogP contribution in [-0.4, -0.2) is 66.4 Å². The van der Waals surface area contributed by atoms with Gasteiger partial charge in [-0.05, 0) is 122 Å². The van der Waals surface area contributed by atoms with Crippen molar-refractivity contribution in [3.8, 4) is 23.0 Å². The summed E-state index contributed by atoms with van der Waals surface area (Å²) in [6.45, 7) is 6.47. The molecule has 282 valence electrons. The van der Waals surface area contributed by atoms with E-state index in [2.05, 4.69) is 51.2 Å². The average molecular weight is 737 g/mol. The molecule has 3 fully saturated rings. The Morgan fingerprint density at radius 2 is 1.42 bits per heavy atom. The maximum absolute atomic E-state index is 12.1. The maximum atomic E-state index is 12.1. The van der Waals surface area contributed by atoms with Gasteiger partial charge in [-0.1, -0.05) is 60.7 Å². The van der Waals surface area contributed by atoms with Crippen LogP contribution in [0.3, 0.4) is 0 Å². The van der Waals surface area contributed by atoms with E-state index in [1.165, 1.54) is 24.7 Å². The Bertz CT molecular complexity index is 2180. The van der Waals surface area contributed by atoms with Gasteiger partial charge < -0.3 is 28.8 Å². The van der Waals surface area contributed by atoms with E-state index in [9.17, 15) is 4.79 Å². The van der Waals surface area contributed by atoms with Crippen LogP contribution in [0.1, 0.15) is 58.4 Å². The van der Waals surface area contributed by atoms with Crippen LogP contribution >= 0.6 is 0 Å². The van der Waals surface area contributed by atoms with Gasteiger partial charge >= 0.3 is 5.97 Å². The van der Waals surface area contributed by atoms with Crippen LogP contribution in [0.5, 0.6) is 23.0 Å². The molecule has 2 unspecified atom stereocenters. The van der Waals surface area contributed by atoms with Crippen molar-refractivity contribution >= 4 is 17.0 Å². The first-order chi connectivity index (χ1) is 27.1.